The standard InChI is InChI=1S/C13H15F3O2/c1-2-18-11(9-13(14,15)16)8-12(17)10-6-4-3-5-7-10/h3-7,11H,2,8-9H2,1H3. The lowest BCUT2D eigenvalue weighted by Crippen LogP contribution is -2.25. The molecule has 1 atom stereocenters. The summed E-state index contributed by atoms with van der Waals surface area (Å²) in [6, 6.07) is 8.25. The number of carbonyl (C=O) groups excluding carboxylic acids is 1. The lowest BCUT2D eigenvalue weighted by atomic mass is 10.0. The van der Waals surface area contributed by atoms with E-state index < -0.39 is 18.7 Å². The number of carbonyl (C=O) groups is 1. The number of hydrogen-bond acceptors (Lipinski definition) is 2. The van der Waals surface area contributed by atoms with Crippen molar-refractivity contribution in [2.24, 2.45) is 0 Å². The fourth-order valence-electron chi connectivity index (χ4n) is 1.63. The maximum Gasteiger partial charge on any atom is 0.391 e. The average molecular weight is 260 g/mol. The largest absolute Gasteiger partial charge is 0.391 e. The molecule has 2 nitrogen and oxygen atoms in total. The summed E-state index contributed by atoms with van der Waals surface area (Å²) in [5, 5.41) is 0. The Labute approximate surface area is 104 Å². The molecule has 5 heteroatoms. The van der Waals surface area contributed by atoms with Crippen molar-refractivity contribution in [2.75, 3.05) is 6.61 Å². The van der Waals surface area contributed by atoms with Crippen molar-refractivity contribution in [1.29, 1.82) is 0 Å². The third-order valence-corrected chi connectivity index (χ3v) is 2.37. The van der Waals surface area contributed by atoms with E-state index in [-0.39, 0.29) is 18.8 Å². The van der Waals surface area contributed by atoms with Gasteiger partial charge < -0.3 is 4.74 Å². The normalized spacial score (nSPS) is 13.3. The lowest BCUT2D eigenvalue weighted by molar-refractivity contribution is -0.159. The predicted molar refractivity (Wildman–Crippen MR) is 61.5 cm³/mol. The first-order valence-electron chi connectivity index (χ1n) is 5.69. The van der Waals surface area contributed by atoms with Crippen molar-refractivity contribution < 1.29 is 22.7 Å². The fourth-order valence-corrected chi connectivity index (χ4v) is 1.63. The Morgan fingerprint density at radius 2 is 1.89 bits per heavy atom. The van der Waals surface area contributed by atoms with Crippen LogP contribution in [0.5, 0.6) is 0 Å². The Hall–Kier alpha value is -1.36. The van der Waals surface area contributed by atoms with E-state index in [0.29, 0.717) is 5.56 Å². The summed E-state index contributed by atoms with van der Waals surface area (Å²) in [5.41, 5.74) is 0.407. The Balaban J connectivity index is 2.64. The molecule has 0 spiro atoms. The molecule has 0 aliphatic rings. The minimum Gasteiger partial charge on any atom is -0.378 e. The summed E-state index contributed by atoms with van der Waals surface area (Å²) in [6.07, 6.45) is -6.78. The molecule has 0 fully saturated rings. The minimum atomic E-state index is -4.32. The molecule has 0 heterocycles. The summed E-state index contributed by atoms with van der Waals surface area (Å²) in [4.78, 5) is 11.8. The number of Topliss-reactive ketones (excluding diaryl/α,β-unsaturated/α-hetero) is 1. The maximum absolute atomic E-state index is 12.3. The maximum atomic E-state index is 12.3. The predicted octanol–water partition coefficient (Wildman–Crippen LogP) is 3.62. The summed E-state index contributed by atoms with van der Waals surface area (Å²) in [5.74, 6) is -0.335. The average Bonchev–Trinajstić information content (AvgIpc) is 2.28. The van der Waals surface area contributed by atoms with Gasteiger partial charge in [0, 0.05) is 18.6 Å². The van der Waals surface area contributed by atoms with Crippen LogP contribution in [0.25, 0.3) is 0 Å². The molecular formula is C13H15F3O2. The van der Waals surface area contributed by atoms with E-state index in [1.807, 2.05) is 0 Å². The second-order valence-corrected chi connectivity index (χ2v) is 3.89. The molecule has 1 aromatic rings. The summed E-state index contributed by atoms with van der Waals surface area (Å²) in [6.45, 7) is 1.76. The van der Waals surface area contributed by atoms with Gasteiger partial charge in [-0.2, -0.15) is 13.2 Å². The van der Waals surface area contributed by atoms with Gasteiger partial charge >= 0.3 is 6.18 Å². The zero-order valence-corrected chi connectivity index (χ0v) is 10.0. The Kier molecular flexibility index (Phi) is 5.34. The monoisotopic (exact) mass is 260 g/mol. The molecule has 1 aromatic carbocycles. The molecule has 100 valence electrons. The summed E-state index contributed by atoms with van der Waals surface area (Å²) < 4.78 is 41.8. The SMILES string of the molecule is CCOC(CC(=O)c1ccccc1)CC(F)(F)F. The van der Waals surface area contributed by atoms with Crippen LogP contribution in [0.3, 0.4) is 0 Å². The van der Waals surface area contributed by atoms with Crippen LogP contribution in [0.1, 0.15) is 30.1 Å². The molecule has 0 aliphatic carbocycles. The van der Waals surface area contributed by atoms with Gasteiger partial charge in [-0.1, -0.05) is 30.3 Å². The molecule has 0 bridgehead atoms. The summed E-state index contributed by atoms with van der Waals surface area (Å²) in [7, 11) is 0. The number of alkyl halides is 3. The highest BCUT2D eigenvalue weighted by Crippen LogP contribution is 2.25. The first-order valence-corrected chi connectivity index (χ1v) is 5.69. The molecule has 18 heavy (non-hydrogen) atoms. The van der Waals surface area contributed by atoms with E-state index in [1.165, 1.54) is 0 Å². The van der Waals surface area contributed by atoms with Crippen molar-refractivity contribution in [1.82, 2.24) is 0 Å². The van der Waals surface area contributed by atoms with Gasteiger partial charge in [-0.3, -0.25) is 4.79 Å². The van der Waals surface area contributed by atoms with Crippen LogP contribution in [-0.2, 0) is 4.74 Å². The smallest absolute Gasteiger partial charge is 0.378 e. The Morgan fingerprint density at radius 3 is 2.39 bits per heavy atom. The van der Waals surface area contributed by atoms with Crippen molar-refractivity contribution in [3.63, 3.8) is 0 Å². The van der Waals surface area contributed by atoms with Crippen LogP contribution in [0.15, 0.2) is 30.3 Å². The van der Waals surface area contributed by atoms with E-state index in [2.05, 4.69) is 0 Å². The van der Waals surface area contributed by atoms with E-state index >= 15 is 0 Å². The van der Waals surface area contributed by atoms with Gasteiger partial charge in [0.15, 0.2) is 5.78 Å². The molecule has 0 saturated heterocycles. The highest BCUT2D eigenvalue weighted by Gasteiger charge is 2.33. The number of benzene rings is 1. The van der Waals surface area contributed by atoms with Crippen LogP contribution < -0.4 is 0 Å². The number of ketones is 1. The molecular weight excluding hydrogens is 245 g/mol. The zero-order valence-electron chi connectivity index (χ0n) is 10.0. The minimum absolute atomic E-state index is 0.156. The van der Waals surface area contributed by atoms with Gasteiger partial charge in [-0.05, 0) is 6.92 Å². The van der Waals surface area contributed by atoms with Crippen LogP contribution in [0.4, 0.5) is 13.2 Å². The van der Waals surface area contributed by atoms with E-state index in [4.69, 9.17) is 4.74 Å². The fraction of sp³-hybridized carbons (Fsp3) is 0.462. The quantitative estimate of drug-likeness (QED) is 0.730. The van der Waals surface area contributed by atoms with Crippen molar-refractivity contribution in [3.05, 3.63) is 35.9 Å². The molecule has 0 aliphatic heterocycles. The topological polar surface area (TPSA) is 26.3 Å². The first kappa shape index (κ1) is 14.7. The van der Waals surface area contributed by atoms with Crippen LogP contribution in [0, 0.1) is 0 Å². The number of halogens is 3. The van der Waals surface area contributed by atoms with Gasteiger partial charge in [-0.15, -0.1) is 0 Å². The Morgan fingerprint density at radius 1 is 1.28 bits per heavy atom. The van der Waals surface area contributed by atoms with Gasteiger partial charge in [0.2, 0.25) is 0 Å². The first-order chi connectivity index (χ1) is 8.42. The molecule has 0 N–H and O–H groups in total. The van der Waals surface area contributed by atoms with Crippen molar-refractivity contribution >= 4 is 5.78 Å². The van der Waals surface area contributed by atoms with Crippen molar-refractivity contribution in [3.8, 4) is 0 Å². The van der Waals surface area contributed by atoms with Gasteiger partial charge in [-0.25, -0.2) is 0 Å². The third-order valence-electron chi connectivity index (χ3n) is 2.37. The highest BCUT2D eigenvalue weighted by molar-refractivity contribution is 5.96. The van der Waals surface area contributed by atoms with Crippen molar-refractivity contribution in [2.45, 2.75) is 32.0 Å². The van der Waals surface area contributed by atoms with Gasteiger partial charge in [0.05, 0.1) is 12.5 Å². The summed E-state index contributed by atoms with van der Waals surface area (Å²) >= 11 is 0. The van der Waals surface area contributed by atoms with Crippen LogP contribution in [0.2, 0.25) is 0 Å². The van der Waals surface area contributed by atoms with Gasteiger partial charge in [0.1, 0.15) is 0 Å². The third kappa shape index (κ3) is 5.31. The van der Waals surface area contributed by atoms with Crippen LogP contribution >= 0.6 is 0 Å². The molecule has 0 radical (unpaired) electrons. The molecule has 1 rings (SSSR count). The second kappa shape index (κ2) is 6.54. The number of rotatable bonds is 6. The highest BCUT2D eigenvalue weighted by atomic mass is 19.4. The van der Waals surface area contributed by atoms with Gasteiger partial charge in [0.25, 0.3) is 0 Å². The molecule has 0 amide bonds. The number of hydrogen-bond donors (Lipinski definition) is 0. The second-order valence-electron chi connectivity index (χ2n) is 3.89. The lowest BCUT2D eigenvalue weighted by Gasteiger charge is -2.18. The molecule has 1 unspecified atom stereocenters. The van der Waals surface area contributed by atoms with E-state index in [0.717, 1.165) is 0 Å². The van der Waals surface area contributed by atoms with E-state index in [9.17, 15) is 18.0 Å². The zero-order chi connectivity index (χ0) is 13.6. The number of ether oxygens (including phenoxy) is 1. The molecule has 0 saturated carbocycles. The van der Waals surface area contributed by atoms with E-state index in [1.54, 1.807) is 37.3 Å². The van der Waals surface area contributed by atoms with Crippen LogP contribution in [-0.4, -0.2) is 24.7 Å². The molecule has 0 aromatic heterocycles. The Bertz CT molecular complexity index is 374.